The molecule has 3 N–H and O–H groups in total. The fourth-order valence-electron chi connectivity index (χ4n) is 3.00. The van der Waals surface area contributed by atoms with Gasteiger partial charge in [0.15, 0.2) is 5.82 Å². The summed E-state index contributed by atoms with van der Waals surface area (Å²) in [6.45, 7) is 6.03. The number of rotatable bonds is 5. The van der Waals surface area contributed by atoms with Crippen LogP contribution in [0.1, 0.15) is 37.6 Å². The van der Waals surface area contributed by atoms with E-state index >= 15 is 0 Å². The van der Waals surface area contributed by atoms with Crippen molar-refractivity contribution in [3.63, 3.8) is 0 Å². The first-order valence-electron chi connectivity index (χ1n) is 9.33. The minimum absolute atomic E-state index is 0.0989. The summed E-state index contributed by atoms with van der Waals surface area (Å²) in [6, 6.07) is 9.26. The number of amides is 1. The highest BCUT2D eigenvalue weighted by molar-refractivity contribution is 6.33. The number of anilines is 2. The molecule has 2 aromatic heterocycles. The molecule has 160 valence electrons. The summed E-state index contributed by atoms with van der Waals surface area (Å²) in [5.74, 6) is 0.802. The van der Waals surface area contributed by atoms with Crippen LogP contribution in [-0.2, 0) is 5.41 Å². The van der Waals surface area contributed by atoms with Crippen molar-refractivity contribution >= 4 is 53.0 Å². The number of nitrogens with two attached hydrogens (primary N) is 1. The smallest absolute Gasteiger partial charge is 0.409 e. The van der Waals surface area contributed by atoms with Crippen molar-refractivity contribution in [2.75, 3.05) is 5.32 Å². The zero-order chi connectivity index (χ0) is 22.6. The Kier molecular flexibility index (Phi) is 6.77. The molecule has 3 aromatic rings. The highest BCUT2D eigenvalue weighted by atomic mass is 35.5. The van der Waals surface area contributed by atoms with Crippen LogP contribution in [-0.4, -0.2) is 21.0 Å². The van der Waals surface area contributed by atoms with Gasteiger partial charge in [-0.25, -0.2) is 9.78 Å². The first-order chi connectivity index (χ1) is 14.6. The van der Waals surface area contributed by atoms with Gasteiger partial charge in [-0.05, 0) is 46.9 Å². The highest BCUT2D eigenvalue weighted by Gasteiger charge is 2.24. The van der Waals surface area contributed by atoms with Crippen LogP contribution >= 0.6 is 23.2 Å². The van der Waals surface area contributed by atoms with Crippen LogP contribution in [0.3, 0.4) is 0 Å². The number of benzene rings is 1. The van der Waals surface area contributed by atoms with Gasteiger partial charge in [0, 0.05) is 17.4 Å². The topological polar surface area (TPSA) is 103 Å². The number of hydrogen-bond donors (Lipinski definition) is 2. The van der Waals surface area contributed by atoms with Crippen LogP contribution in [0.25, 0.3) is 12.2 Å². The molecule has 0 saturated heterocycles. The predicted octanol–water partition coefficient (Wildman–Crippen LogP) is 5.85. The first-order valence-corrected chi connectivity index (χ1v) is 10.1. The second kappa shape index (κ2) is 9.32. The summed E-state index contributed by atoms with van der Waals surface area (Å²) in [5, 5.41) is 3.59. The average molecular weight is 458 g/mol. The molecule has 31 heavy (non-hydrogen) atoms. The number of ether oxygens (including phenoxy) is 1. The Labute approximate surface area is 190 Å². The number of aromatic nitrogens is 3. The molecule has 1 amide bonds. The van der Waals surface area contributed by atoms with Crippen molar-refractivity contribution in [1.29, 1.82) is 0 Å². The molecular weight excluding hydrogens is 437 g/mol. The minimum atomic E-state index is -0.867. The second-order valence-electron chi connectivity index (χ2n) is 7.66. The summed E-state index contributed by atoms with van der Waals surface area (Å²) in [6.07, 6.45) is 5.91. The Hall–Kier alpha value is -3.16. The number of primary amides is 1. The molecular formula is C22H21Cl2N5O2. The molecule has 0 atom stereocenters. The molecule has 7 nitrogen and oxygen atoms in total. The lowest BCUT2D eigenvalue weighted by atomic mass is 9.85. The summed E-state index contributed by atoms with van der Waals surface area (Å²) in [5.41, 5.74) is 8.02. The van der Waals surface area contributed by atoms with E-state index in [-0.39, 0.29) is 10.7 Å². The predicted molar refractivity (Wildman–Crippen MR) is 124 cm³/mol. The molecule has 0 aliphatic heterocycles. The molecule has 9 heteroatoms. The van der Waals surface area contributed by atoms with Gasteiger partial charge in [-0.1, -0.05) is 50.6 Å². The zero-order valence-corrected chi connectivity index (χ0v) is 18.7. The van der Waals surface area contributed by atoms with E-state index in [2.05, 4.69) is 20.3 Å². The summed E-state index contributed by atoms with van der Waals surface area (Å²) in [7, 11) is 0. The normalized spacial score (nSPS) is 11.5. The van der Waals surface area contributed by atoms with Gasteiger partial charge in [-0.2, -0.15) is 4.98 Å². The third-order valence-corrected chi connectivity index (χ3v) is 4.66. The van der Waals surface area contributed by atoms with Gasteiger partial charge in [0.2, 0.25) is 5.28 Å². The third-order valence-electron chi connectivity index (χ3n) is 4.20. The van der Waals surface area contributed by atoms with Crippen molar-refractivity contribution in [3.8, 4) is 5.75 Å². The monoisotopic (exact) mass is 457 g/mol. The number of carbonyl (C=O) groups is 1. The third kappa shape index (κ3) is 5.93. The summed E-state index contributed by atoms with van der Waals surface area (Å²) in [4.78, 5) is 23.7. The van der Waals surface area contributed by atoms with E-state index in [0.29, 0.717) is 22.3 Å². The first kappa shape index (κ1) is 22.5. The standard InChI is InChI=1S/C22H21Cl2N5O2/c1-22(2,3)18-16(26-10-9-17(18)31-21(25)30)8-7-13-5-4-6-14(11-13)28-19-15(23)12-27-20(24)29-19/h4-12H,1-3H3,(H2,25,30)(H,27,28,29). The number of pyridine rings is 1. The fraction of sp³-hybridized carbons (Fsp3) is 0.182. The SMILES string of the molecule is CC(C)(C)c1c(OC(N)=O)ccnc1C=Cc1cccc(Nc2nc(Cl)ncc2Cl)c1. The number of nitrogens with one attached hydrogen (secondary N) is 1. The van der Waals surface area contributed by atoms with Crippen molar-refractivity contribution in [3.05, 3.63) is 69.9 Å². The Balaban J connectivity index is 1.91. The largest absolute Gasteiger partial charge is 0.410 e. The molecule has 3 rings (SSSR count). The van der Waals surface area contributed by atoms with Gasteiger partial charge >= 0.3 is 6.09 Å². The van der Waals surface area contributed by atoms with Crippen molar-refractivity contribution in [2.24, 2.45) is 5.73 Å². The quantitative estimate of drug-likeness (QED) is 0.465. The highest BCUT2D eigenvalue weighted by Crippen LogP contribution is 2.34. The van der Waals surface area contributed by atoms with E-state index in [9.17, 15) is 4.79 Å². The lowest BCUT2D eigenvalue weighted by Gasteiger charge is -2.23. The Morgan fingerprint density at radius 2 is 1.94 bits per heavy atom. The van der Waals surface area contributed by atoms with Gasteiger partial charge in [0.25, 0.3) is 0 Å². The van der Waals surface area contributed by atoms with E-state index in [1.165, 1.54) is 6.20 Å². The van der Waals surface area contributed by atoms with Crippen LogP contribution in [0.15, 0.2) is 42.7 Å². The van der Waals surface area contributed by atoms with Gasteiger partial charge < -0.3 is 15.8 Å². The van der Waals surface area contributed by atoms with Crippen LogP contribution in [0.5, 0.6) is 5.75 Å². The van der Waals surface area contributed by atoms with Crippen molar-refractivity contribution < 1.29 is 9.53 Å². The molecule has 0 saturated carbocycles. The van der Waals surface area contributed by atoms with E-state index in [0.717, 1.165) is 16.8 Å². The van der Waals surface area contributed by atoms with Crippen LogP contribution in [0, 0.1) is 0 Å². The van der Waals surface area contributed by atoms with Gasteiger partial charge in [0.05, 0.1) is 11.9 Å². The van der Waals surface area contributed by atoms with Crippen LogP contribution in [0.2, 0.25) is 10.3 Å². The molecule has 1 aromatic carbocycles. The summed E-state index contributed by atoms with van der Waals surface area (Å²) < 4.78 is 5.19. The molecule has 0 aliphatic carbocycles. The average Bonchev–Trinajstić information content (AvgIpc) is 2.68. The van der Waals surface area contributed by atoms with E-state index in [4.69, 9.17) is 33.7 Å². The maximum atomic E-state index is 11.3. The molecule has 0 spiro atoms. The van der Waals surface area contributed by atoms with E-state index < -0.39 is 6.09 Å². The lowest BCUT2D eigenvalue weighted by Crippen LogP contribution is -2.21. The maximum absolute atomic E-state index is 11.3. The molecule has 0 bridgehead atoms. The second-order valence-corrected chi connectivity index (χ2v) is 8.41. The Bertz CT molecular complexity index is 1140. The van der Waals surface area contributed by atoms with Crippen molar-refractivity contribution in [2.45, 2.75) is 26.2 Å². The number of nitrogens with zero attached hydrogens (tertiary/aromatic N) is 3. The molecule has 0 aliphatic rings. The molecule has 0 fully saturated rings. The van der Waals surface area contributed by atoms with Gasteiger partial charge in [-0.3, -0.25) is 4.98 Å². The minimum Gasteiger partial charge on any atom is -0.410 e. The van der Waals surface area contributed by atoms with Crippen molar-refractivity contribution in [1.82, 2.24) is 15.0 Å². The Morgan fingerprint density at radius 3 is 2.65 bits per heavy atom. The lowest BCUT2D eigenvalue weighted by molar-refractivity contribution is 0.210. The number of carbonyl (C=O) groups excluding carboxylic acids is 1. The summed E-state index contributed by atoms with van der Waals surface area (Å²) >= 11 is 12.0. The van der Waals surface area contributed by atoms with Crippen LogP contribution in [0.4, 0.5) is 16.3 Å². The molecule has 0 radical (unpaired) electrons. The maximum Gasteiger partial charge on any atom is 0.409 e. The molecule has 2 heterocycles. The van der Waals surface area contributed by atoms with Gasteiger partial charge in [0.1, 0.15) is 10.8 Å². The fourth-order valence-corrected chi connectivity index (χ4v) is 3.27. The number of hydrogen-bond acceptors (Lipinski definition) is 6. The molecule has 0 unspecified atom stereocenters. The zero-order valence-electron chi connectivity index (χ0n) is 17.2. The van der Waals surface area contributed by atoms with Crippen LogP contribution < -0.4 is 15.8 Å². The van der Waals surface area contributed by atoms with E-state index in [1.54, 1.807) is 12.3 Å². The van der Waals surface area contributed by atoms with E-state index in [1.807, 2.05) is 57.2 Å². The Morgan fingerprint density at radius 1 is 1.16 bits per heavy atom. The van der Waals surface area contributed by atoms with Gasteiger partial charge in [-0.15, -0.1) is 0 Å². The number of halogens is 2.